The Labute approximate surface area is 146 Å². The number of benzene rings is 1. The molecule has 1 aromatic carbocycles. The maximum Gasteiger partial charge on any atom is 0.308 e. The van der Waals surface area contributed by atoms with Crippen molar-refractivity contribution in [2.24, 2.45) is 5.92 Å². The molecule has 3 heterocycles. The predicted molar refractivity (Wildman–Crippen MR) is 95.1 cm³/mol. The van der Waals surface area contributed by atoms with Gasteiger partial charge in [0.25, 0.3) is 0 Å². The number of aliphatic carboxylic acids is 1. The summed E-state index contributed by atoms with van der Waals surface area (Å²) in [6, 6.07) is 14.0. The summed E-state index contributed by atoms with van der Waals surface area (Å²) in [6.07, 6.45) is 5.29. The Morgan fingerprint density at radius 3 is 2.80 bits per heavy atom. The third kappa shape index (κ3) is 3.10. The first-order valence-corrected chi connectivity index (χ1v) is 8.40. The van der Waals surface area contributed by atoms with Gasteiger partial charge in [0.05, 0.1) is 11.4 Å². The van der Waals surface area contributed by atoms with Gasteiger partial charge in [0.1, 0.15) is 0 Å². The average molecular weight is 333 g/mol. The van der Waals surface area contributed by atoms with Crippen LogP contribution in [-0.4, -0.2) is 39.0 Å². The molecule has 0 saturated carbocycles. The molecule has 0 amide bonds. The van der Waals surface area contributed by atoms with Crippen LogP contribution in [0.3, 0.4) is 0 Å². The fourth-order valence-corrected chi connectivity index (χ4v) is 3.74. The molecule has 0 aliphatic carbocycles. The molecule has 0 bridgehead atoms. The van der Waals surface area contributed by atoms with E-state index in [1.54, 1.807) is 18.6 Å². The third-order valence-corrected chi connectivity index (χ3v) is 4.96. The molecule has 126 valence electrons. The van der Waals surface area contributed by atoms with Crippen molar-refractivity contribution in [1.82, 2.24) is 14.9 Å². The van der Waals surface area contributed by atoms with Crippen molar-refractivity contribution in [3.05, 3.63) is 72.2 Å². The van der Waals surface area contributed by atoms with E-state index in [1.807, 2.05) is 30.3 Å². The summed E-state index contributed by atoms with van der Waals surface area (Å²) in [5.41, 5.74) is 3.15. The summed E-state index contributed by atoms with van der Waals surface area (Å²) < 4.78 is 0. The van der Waals surface area contributed by atoms with Gasteiger partial charge in [-0.25, -0.2) is 0 Å². The van der Waals surface area contributed by atoms with E-state index < -0.39 is 11.9 Å². The van der Waals surface area contributed by atoms with Crippen molar-refractivity contribution >= 4 is 16.9 Å². The molecule has 4 rings (SSSR count). The quantitative estimate of drug-likeness (QED) is 0.795. The highest BCUT2D eigenvalue weighted by molar-refractivity contribution is 5.81. The number of hydrogen-bond acceptors (Lipinski definition) is 4. The number of likely N-dealkylation sites (tertiary alicyclic amines) is 1. The normalized spacial score (nSPS) is 20.8. The number of carboxylic acids is 1. The number of hydrogen-bond donors (Lipinski definition) is 1. The Hall–Kier alpha value is -2.79. The van der Waals surface area contributed by atoms with Crippen LogP contribution in [-0.2, 0) is 11.3 Å². The second kappa shape index (κ2) is 6.61. The fraction of sp³-hybridized carbons (Fsp3) is 0.250. The van der Waals surface area contributed by atoms with Crippen molar-refractivity contribution in [2.75, 3.05) is 13.1 Å². The van der Waals surface area contributed by atoms with Gasteiger partial charge in [0.15, 0.2) is 0 Å². The highest BCUT2D eigenvalue weighted by Gasteiger charge is 2.38. The maximum atomic E-state index is 11.7. The minimum Gasteiger partial charge on any atom is -0.481 e. The lowest BCUT2D eigenvalue weighted by Gasteiger charge is -2.17. The van der Waals surface area contributed by atoms with Crippen LogP contribution in [0.25, 0.3) is 10.9 Å². The zero-order valence-electron chi connectivity index (χ0n) is 13.7. The molecular formula is C20H19N3O2. The Morgan fingerprint density at radius 2 is 2.00 bits per heavy atom. The first-order chi connectivity index (χ1) is 12.2. The highest BCUT2D eigenvalue weighted by atomic mass is 16.4. The van der Waals surface area contributed by atoms with Gasteiger partial charge in [-0.05, 0) is 29.3 Å². The van der Waals surface area contributed by atoms with E-state index in [0.29, 0.717) is 6.54 Å². The lowest BCUT2D eigenvalue weighted by atomic mass is 9.90. The summed E-state index contributed by atoms with van der Waals surface area (Å²) in [5.74, 6) is -1.17. The van der Waals surface area contributed by atoms with E-state index in [1.165, 1.54) is 5.56 Å². The molecule has 1 aliphatic rings. The molecule has 5 nitrogen and oxygen atoms in total. The van der Waals surface area contributed by atoms with E-state index >= 15 is 0 Å². The maximum absolute atomic E-state index is 11.7. The molecule has 3 aromatic rings. The monoisotopic (exact) mass is 333 g/mol. The van der Waals surface area contributed by atoms with Crippen molar-refractivity contribution in [1.29, 1.82) is 0 Å². The first-order valence-electron chi connectivity index (χ1n) is 8.40. The molecular weight excluding hydrogens is 314 g/mol. The largest absolute Gasteiger partial charge is 0.481 e. The third-order valence-electron chi connectivity index (χ3n) is 4.96. The summed E-state index contributed by atoms with van der Waals surface area (Å²) in [6.45, 7) is 1.99. The van der Waals surface area contributed by atoms with Gasteiger partial charge >= 0.3 is 5.97 Å². The molecule has 2 atom stereocenters. The number of carbonyl (C=O) groups is 1. The van der Waals surface area contributed by atoms with Crippen LogP contribution in [0.15, 0.2) is 61.1 Å². The zero-order valence-corrected chi connectivity index (χ0v) is 13.7. The van der Waals surface area contributed by atoms with Crippen LogP contribution in [0.4, 0.5) is 0 Å². The Balaban J connectivity index is 1.60. The Bertz CT molecular complexity index is 892. The van der Waals surface area contributed by atoms with Gasteiger partial charge in [-0.3, -0.25) is 19.7 Å². The smallest absolute Gasteiger partial charge is 0.308 e. The molecule has 2 aromatic heterocycles. The van der Waals surface area contributed by atoms with Crippen LogP contribution < -0.4 is 0 Å². The number of nitrogens with zero attached hydrogens (tertiary/aromatic N) is 3. The highest BCUT2D eigenvalue weighted by Crippen LogP contribution is 2.34. The topological polar surface area (TPSA) is 66.3 Å². The first kappa shape index (κ1) is 15.7. The second-order valence-corrected chi connectivity index (χ2v) is 6.52. The number of carboxylic acid groups (broad SMARTS) is 1. The molecule has 0 radical (unpaired) electrons. The van der Waals surface area contributed by atoms with Crippen LogP contribution >= 0.6 is 0 Å². The van der Waals surface area contributed by atoms with Gasteiger partial charge in [-0.1, -0.05) is 24.3 Å². The van der Waals surface area contributed by atoms with E-state index in [4.69, 9.17) is 0 Å². The lowest BCUT2D eigenvalue weighted by Crippen LogP contribution is -2.23. The van der Waals surface area contributed by atoms with Crippen molar-refractivity contribution in [3.8, 4) is 0 Å². The van der Waals surface area contributed by atoms with E-state index in [0.717, 1.165) is 29.6 Å². The summed E-state index contributed by atoms with van der Waals surface area (Å²) in [5, 5.41) is 10.8. The van der Waals surface area contributed by atoms with Gasteiger partial charge in [0, 0.05) is 49.5 Å². The minimum absolute atomic E-state index is 0.0284. The van der Waals surface area contributed by atoms with Crippen LogP contribution in [0.1, 0.15) is 17.0 Å². The van der Waals surface area contributed by atoms with Gasteiger partial charge in [-0.2, -0.15) is 0 Å². The van der Waals surface area contributed by atoms with Crippen molar-refractivity contribution in [2.45, 2.75) is 12.5 Å². The standard InChI is InChI=1S/C20H19N3O2/c24-20(25)18-13-23(12-17(18)14-5-2-8-21-10-14)11-15-4-1-7-19-16(15)6-3-9-22-19/h1-10,17-18H,11-13H2,(H,24,25)/t17-,18+/m1/s1. The number of rotatable bonds is 4. The molecule has 1 saturated heterocycles. The predicted octanol–water partition coefficient (Wildman–Crippen LogP) is 2.93. The van der Waals surface area contributed by atoms with Gasteiger partial charge in [0.2, 0.25) is 0 Å². The van der Waals surface area contributed by atoms with E-state index in [-0.39, 0.29) is 5.92 Å². The van der Waals surface area contributed by atoms with E-state index in [9.17, 15) is 9.90 Å². The zero-order chi connectivity index (χ0) is 17.2. The number of aromatic nitrogens is 2. The molecule has 5 heteroatoms. The van der Waals surface area contributed by atoms with E-state index in [2.05, 4.69) is 27.0 Å². The minimum atomic E-state index is -0.740. The number of pyridine rings is 2. The van der Waals surface area contributed by atoms with Crippen molar-refractivity contribution < 1.29 is 9.90 Å². The van der Waals surface area contributed by atoms with Crippen LogP contribution in [0.5, 0.6) is 0 Å². The number of fused-ring (bicyclic) bond motifs is 1. The van der Waals surface area contributed by atoms with Crippen molar-refractivity contribution in [3.63, 3.8) is 0 Å². The van der Waals surface area contributed by atoms with Gasteiger partial charge < -0.3 is 5.11 Å². The molecule has 0 unspecified atom stereocenters. The van der Waals surface area contributed by atoms with Gasteiger partial charge in [-0.15, -0.1) is 0 Å². The van der Waals surface area contributed by atoms with Crippen LogP contribution in [0, 0.1) is 5.92 Å². The summed E-state index contributed by atoms with van der Waals surface area (Å²) in [4.78, 5) is 22.5. The molecule has 1 aliphatic heterocycles. The van der Waals surface area contributed by atoms with Crippen LogP contribution in [0.2, 0.25) is 0 Å². The Kier molecular flexibility index (Phi) is 4.15. The Morgan fingerprint density at radius 1 is 1.12 bits per heavy atom. The molecule has 1 fully saturated rings. The molecule has 25 heavy (non-hydrogen) atoms. The molecule has 1 N–H and O–H groups in total. The fourth-order valence-electron chi connectivity index (χ4n) is 3.74. The summed E-state index contributed by atoms with van der Waals surface area (Å²) >= 11 is 0. The molecule has 0 spiro atoms. The summed E-state index contributed by atoms with van der Waals surface area (Å²) in [7, 11) is 0. The average Bonchev–Trinajstić information content (AvgIpc) is 3.07. The second-order valence-electron chi connectivity index (χ2n) is 6.52. The SMILES string of the molecule is O=C(O)[C@H]1CN(Cc2cccc3ncccc23)C[C@@H]1c1cccnc1. The lowest BCUT2D eigenvalue weighted by molar-refractivity contribution is -0.141.